The molecule has 1 amide bonds. The average Bonchev–Trinajstić information content (AvgIpc) is 2.38. The standard InChI is InChI=1S/C12H14N4O2/c13-6-8-7-16(4-5-18-8)10-3-1-2-9(11(10)14)12(15)17/h1-3,8H,4-5,7,14H2,(H2,15,17). The van der Waals surface area contributed by atoms with E-state index in [2.05, 4.69) is 6.07 Å². The predicted octanol–water partition coefficient (Wildman–Crippen LogP) is 0.0965. The van der Waals surface area contributed by atoms with Gasteiger partial charge < -0.3 is 21.1 Å². The van der Waals surface area contributed by atoms with Crippen LogP contribution in [0.2, 0.25) is 0 Å². The van der Waals surface area contributed by atoms with Crippen LogP contribution in [0.25, 0.3) is 0 Å². The topological polar surface area (TPSA) is 105 Å². The first-order valence-electron chi connectivity index (χ1n) is 5.58. The lowest BCUT2D eigenvalue weighted by atomic mass is 10.1. The molecule has 1 heterocycles. The number of nitrogens with two attached hydrogens (primary N) is 2. The van der Waals surface area contributed by atoms with Gasteiger partial charge in [0.05, 0.1) is 36.2 Å². The summed E-state index contributed by atoms with van der Waals surface area (Å²) in [5.41, 5.74) is 12.6. The van der Waals surface area contributed by atoms with Crippen LogP contribution in [-0.2, 0) is 4.74 Å². The van der Waals surface area contributed by atoms with Crippen LogP contribution < -0.4 is 16.4 Å². The molecule has 1 fully saturated rings. The summed E-state index contributed by atoms with van der Waals surface area (Å²) in [7, 11) is 0. The second-order valence-corrected chi connectivity index (χ2v) is 4.04. The highest BCUT2D eigenvalue weighted by atomic mass is 16.5. The summed E-state index contributed by atoms with van der Waals surface area (Å²) < 4.78 is 5.26. The molecule has 4 N–H and O–H groups in total. The largest absolute Gasteiger partial charge is 0.396 e. The van der Waals surface area contributed by atoms with Crippen molar-refractivity contribution < 1.29 is 9.53 Å². The number of carbonyl (C=O) groups is 1. The molecule has 1 aliphatic rings. The highest BCUT2D eigenvalue weighted by molar-refractivity contribution is 6.00. The number of nitriles is 1. The number of morpholine rings is 1. The van der Waals surface area contributed by atoms with Crippen molar-refractivity contribution in [2.75, 3.05) is 30.3 Å². The zero-order valence-corrected chi connectivity index (χ0v) is 9.80. The van der Waals surface area contributed by atoms with E-state index in [1.54, 1.807) is 12.1 Å². The molecule has 1 saturated heterocycles. The monoisotopic (exact) mass is 246 g/mol. The Morgan fingerprint density at radius 3 is 3.00 bits per heavy atom. The number of benzene rings is 1. The number of hydrogen-bond acceptors (Lipinski definition) is 5. The molecule has 1 aliphatic heterocycles. The fourth-order valence-electron chi connectivity index (χ4n) is 1.99. The van der Waals surface area contributed by atoms with Crippen molar-refractivity contribution in [2.24, 2.45) is 5.73 Å². The molecule has 1 aromatic carbocycles. The van der Waals surface area contributed by atoms with E-state index in [9.17, 15) is 4.79 Å². The number of hydrogen-bond donors (Lipinski definition) is 2. The minimum Gasteiger partial charge on any atom is -0.396 e. The highest BCUT2D eigenvalue weighted by Gasteiger charge is 2.22. The molecule has 1 atom stereocenters. The second-order valence-electron chi connectivity index (χ2n) is 4.04. The number of para-hydroxylation sites is 1. The summed E-state index contributed by atoms with van der Waals surface area (Å²) in [5, 5.41) is 8.86. The van der Waals surface area contributed by atoms with E-state index >= 15 is 0 Å². The van der Waals surface area contributed by atoms with Crippen molar-refractivity contribution in [3.8, 4) is 6.07 Å². The van der Waals surface area contributed by atoms with Crippen LogP contribution >= 0.6 is 0 Å². The van der Waals surface area contributed by atoms with Crippen LogP contribution in [0.4, 0.5) is 11.4 Å². The fraction of sp³-hybridized carbons (Fsp3) is 0.333. The lowest BCUT2D eigenvalue weighted by molar-refractivity contribution is 0.0765. The number of ether oxygens (including phenoxy) is 1. The van der Waals surface area contributed by atoms with Crippen molar-refractivity contribution in [3.63, 3.8) is 0 Å². The molecule has 0 saturated carbocycles. The van der Waals surface area contributed by atoms with Crippen LogP contribution in [-0.4, -0.2) is 31.7 Å². The smallest absolute Gasteiger partial charge is 0.250 e. The van der Waals surface area contributed by atoms with Crippen LogP contribution in [0.5, 0.6) is 0 Å². The van der Waals surface area contributed by atoms with E-state index < -0.39 is 12.0 Å². The lowest BCUT2D eigenvalue weighted by Gasteiger charge is -2.32. The number of primary amides is 1. The SMILES string of the molecule is N#CC1CN(c2cccc(C(N)=O)c2N)CCO1. The summed E-state index contributed by atoms with van der Waals surface area (Å²) in [4.78, 5) is 13.2. The Kier molecular flexibility index (Phi) is 3.35. The summed E-state index contributed by atoms with van der Waals surface area (Å²) in [6.07, 6.45) is -0.476. The number of amides is 1. The van der Waals surface area contributed by atoms with Gasteiger partial charge in [-0.05, 0) is 12.1 Å². The Morgan fingerprint density at radius 1 is 1.56 bits per heavy atom. The van der Waals surface area contributed by atoms with Crippen LogP contribution in [0.15, 0.2) is 18.2 Å². The van der Waals surface area contributed by atoms with E-state index in [0.717, 1.165) is 5.69 Å². The molecular formula is C12H14N4O2. The van der Waals surface area contributed by atoms with E-state index in [0.29, 0.717) is 30.9 Å². The Hall–Kier alpha value is -2.26. The van der Waals surface area contributed by atoms with Gasteiger partial charge in [-0.2, -0.15) is 5.26 Å². The lowest BCUT2D eigenvalue weighted by Crippen LogP contribution is -2.42. The van der Waals surface area contributed by atoms with E-state index in [-0.39, 0.29) is 0 Å². The Bertz CT molecular complexity index is 509. The molecule has 0 aliphatic carbocycles. The van der Waals surface area contributed by atoms with Crippen LogP contribution in [0.1, 0.15) is 10.4 Å². The average molecular weight is 246 g/mol. The molecule has 18 heavy (non-hydrogen) atoms. The first kappa shape index (κ1) is 12.2. The van der Waals surface area contributed by atoms with Crippen molar-refractivity contribution in [1.29, 1.82) is 5.26 Å². The van der Waals surface area contributed by atoms with Gasteiger partial charge in [-0.3, -0.25) is 4.79 Å². The van der Waals surface area contributed by atoms with Gasteiger partial charge in [-0.15, -0.1) is 0 Å². The van der Waals surface area contributed by atoms with Crippen LogP contribution in [0, 0.1) is 11.3 Å². The molecule has 1 unspecified atom stereocenters. The molecule has 6 nitrogen and oxygen atoms in total. The second kappa shape index (κ2) is 4.94. The van der Waals surface area contributed by atoms with Crippen LogP contribution in [0.3, 0.4) is 0 Å². The number of rotatable bonds is 2. The maximum Gasteiger partial charge on any atom is 0.250 e. The Morgan fingerprint density at radius 2 is 2.33 bits per heavy atom. The summed E-state index contributed by atoms with van der Waals surface area (Å²) >= 11 is 0. The Balaban J connectivity index is 2.31. The molecule has 1 aromatic rings. The first-order valence-corrected chi connectivity index (χ1v) is 5.58. The van der Waals surface area contributed by atoms with E-state index in [4.69, 9.17) is 21.5 Å². The third-order valence-electron chi connectivity index (χ3n) is 2.90. The molecule has 2 rings (SSSR count). The van der Waals surface area contributed by atoms with Gasteiger partial charge in [-0.25, -0.2) is 0 Å². The number of anilines is 2. The summed E-state index contributed by atoms with van der Waals surface area (Å²) in [5.74, 6) is -0.556. The van der Waals surface area contributed by atoms with Gasteiger partial charge in [0.2, 0.25) is 0 Å². The predicted molar refractivity (Wildman–Crippen MR) is 66.9 cm³/mol. The third-order valence-corrected chi connectivity index (χ3v) is 2.90. The minimum absolute atomic E-state index is 0.299. The third kappa shape index (κ3) is 2.21. The van der Waals surface area contributed by atoms with Gasteiger partial charge in [-0.1, -0.05) is 6.07 Å². The number of nitrogens with zero attached hydrogens (tertiary/aromatic N) is 2. The number of nitrogen functional groups attached to an aromatic ring is 1. The Labute approximate surface area is 105 Å². The summed E-state index contributed by atoms with van der Waals surface area (Å²) in [6, 6.07) is 7.18. The summed E-state index contributed by atoms with van der Waals surface area (Å²) in [6.45, 7) is 1.52. The highest BCUT2D eigenvalue weighted by Crippen LogP contribution is 2.27. The molecule has 0 radical (unpaired) electrons. The van der Waals surface area contributed by atoms with Gasteiger partial charge in [0.1, 0.15) is 0 Å². The molecular weight excluding hydrogens is 232 g/mol. The first-order chi connectivity index (χ1) is 8.63. The number of carbonyl (C=O) groups excluding carboxylic acids is 1. The van der Waals surface area contributed by atoms with E-state index in [1.165, 1.54) is 0 Å². The normalized spacial score (nSPS) is 19.3. The van der Waals surface area contributed by atoms with Gasteiger partial charge in [0, 0.05) is 6.54 Å². The van der Waals surface area contributed by atoms with Crippen molar-refractivity contribution in [3.05, 3.63) is 23.8 Å². The fourth-order valence-corrected chi connectivity index (χ4v) is 1.99. The van der Waals surface area contributed by atoms with Gasteiger partial charge in [0.25, 0.3) is 5.91 Å². The quantitative estimate of drug-likeness (QED) is 0.720. The van der Waals surface area contributed by atoms with Gasteiger partial charge in [0.15, 0.2) is 6.10 Å². The maximum absolute atomic E-state index is 11.2. The van der Waals surface area contributed by atoms with Gasteiger partial charge >= 0.3 is 0 Å². The molecule has 0 spiro atoms. The molecule has 0 aromatic heterocycles. The van der Waals surface area contributed by atoms with Crippen molar-refractivity contribution >= 4 is 17.3 Å². The van der Waals surface area contributed by atoms with Crippen molar-refractivity contribution in [2.45, 2.75) is 6.10 Å². The van der Waals surface area contributed by atoms with E-state index in [1.807, 2.05) is 11.0 Å². The zero-order valence-electron chi connectivity index (χ0n) is 9.80. The molecule has 6 heteroatoms. The molecule has 0 bridgehead atoms. The van der Waals surface area contributed by atoms with Crippen molar-refractivity contribution in [1.82, 2.24) is 0 Å². The zero-order chi connectivity index (χ0) is 13.1. The minimum atomic E-state index is -0.556. The maximum atomic E-state index is 11.2. The molecule has 94 valence electrons.